The van der Waals surface area contributed by atoms with Crippen LogP contribution in [-0.4, -0.2) is 45.5 Å². The van der Waals surface area contributed by atoms with Crippen molar-refractivity contribution in [1.82, 2.24) is 25.1 Å². The van der Waals surface area contributed by atoms with Crippen molar-refractivity contribution >= 4 is 17.0 Å². The lowest BCUT2D eigenvalue weighted by atomic mass is 10.1. The monoisotopic (exact) mass is 356 g/mol. The smallest absolute Gasteiger partial charge is 0.237 e. The van der Waals surface area contributed by atoms with Crippen molar-refractivity contribution in [3.8, 4) is 17.0 Å². The summed E-state index contributed by atoms with van der Waals surface area (Å²) in [4.78, 5) is 9.85. The van der Waals surface area contributed by atoms with Gasteiger partial charge in [-0.25, -0.2) is 4.98 Å². The highest BCUT2D eigenvalue weighted by atomic mass is 32.1. The van der Waals surface area contributed by atoms with Crippen molar-refractivity contribution in [2.75, 3.05) is 25.0 Å². The van der Waals surface area contributed by atoms with Crippen LogP contribution < -0.4 is 15.4 Å². The van der Waals surface area contributed by atoms with Crippen molar-refractivity contribution in [3.05, 3.63) is 41.2 Å². The highest BCUT2D eigenvalue weighted by molar-refractivity contribution is 7.09. The fourth-order valence-electron chi connectivity index (χ4n) is 2.78. The van der Waals surface area contributed by atoms with Crippen LogP contribution in [0.2, 0.25) is 0 Å². The lowest BCUT2D eigenvalue weighted by molar-refractivity contribution is 0.194. The molecular weight excluding hydrogens is 336 g/mol. The van der Waals surface area contributed by atoms with Gasteiger partial charge in [-0.3, -0.25) is 9.67 Å². The van der Waals surface area contributed by atoms with Gasteiger partial charge in [-0.15, -0.1) is 11.3 Å². The third kappa shape index (κ3) is 3.80. The van der Waals surface area contributed by atoms with Crippen molar-refractivity contribution in [2.45, 2.75) is 12.5 Å². The number of aryl methyl sites for hydroxylation is 1. The lowest BCUT2D eigenvalue weighted by Crippen LogP contribution is -2.40. The summed E-state index contributed by atoms with van der Waals surface area (Å²) in [6.45, 7) is 2.47. The second-order valence-electron chi connectivity index (χ2n) is 6.02. The molecule has 0 radical (unpaired) electrons. The topological polar surface area (TPSA) is 76.9 Å². The zero-order chi connectivity index (χ0) is 17.1. The van der Waals surface area contributed by atoms with Gasteiger partial charge in [-0.2, -0.15) is 5.10 Å². The van der Waals surface area contributed by atoms with Crippen LogP contribution in [0, 0.1) is 0 Å². The maximum Gasteiger partial charge on any atom is 0.237 e. The molecule has 8 heteroatoms. The molecule has 1 aliphatic heterocycles. The normalized spacial score (nSPS) is 16.1. The van der Waals surface area contributed by atoms with Gasteiger partial charge in [-0.1, -0.05) is 0 Å². The van der Waals surface area contributed by atoms with Gasteiger partial charge in [0, 0.05) is 54.7 Å². The fourth-order valence-corrected chi connectivity index (χ4v) is 3.38. The molecule has 130 valence electrons. The number of ether oxygens (including phenoxy) is 1. The zero-order valence-electron chi connectivity index (χ0n) is 14.0. The molecule has 2 N–H and O–H groups in total. The first kappa shape index (κ1) is 16.0. The molecule has 3 aromatic heterocycles. The second kappa shape index (κ2) is 7.20. The number of thiazole rings is 1. The molecule has 0 fully saturated rings. The van der Waals surface area contributed by atoms with Crippen LogP contribution in [0.3, 0.4) is 0 Å². The minimum atomic E-state index is 0.0747. The van der Waals surface area contributed by atoms with Gasteiger partial charge >= 0.3 is 0 Å². The number of hydrogen-bond donors (Lipinski definition) is 2. The molecule has 4 rings (SSSR count). The third-order valence-corrected chi connectivity index (χ3v) is 4.93. The maximum absolute atomic E-state index is 6.00. The van der Waals surface area contributed by atoms with E-state index in [1.54, 1.807) is 16.0 Å². The number of anilines is 1. The first-order chi connectivity index (χ1) is 12.3. The molecule has 1 atom stereocenters. The summed E-state index contributed by atoms with van der Waals surface area (Å²) < 4.78 is 7.78. The standard InChI is InChI=1S/C17H20N6OS/c1-23-10-13(6-22-23)12-4-16-17(21-5-12)24-14(8-20-16)7-18-3-2-15-9-19-11-25-15/h4-6,9-11,14,18,20H,2-3,7-8H2,1H3. The van der Waals surface area contributed by atoms with E-state index in [1.807, 2.05) is 37.3 Å². The van der Waals surface area contributed by atoms with Crippen LogP contribution in [0.5, 0.6) is 5.88 Å². The van der Waals surface area contributed by atoms with Crippen LogP contribution in [0.4, 0.5) is 5.69 Å². The molecule has 0 spiro atoms. The average molecular weight is 356 g/mol. The molecule has 3 aromatic rings. The molecule has 0 amide bonds. The lowest BCUT2D eigenvalue weighted by Gasteiger charge is -2.27. The highest BCUT2D eigenvalue weighted by Gasteiger charge is 2.20. The Kier molecular flexibility index (Phi) is 4.62. The summed E-state index contributed by atoms with van der Waals surface area (Å²) in [6, 6.07) is 2.06. The Labute approximate surface area is 150 Å². The molecule has 0 saturated carbocycles. The molecule has 0 bridgehead atoms. The first-order valence-electron chi connectivity index (χ1n) is 8.25. The molecule has 25 heavy (non-hydrogen) atoms. The Morgan fingerprint density at radius 2 is 2.32 bits per heavy atom. The van der Waals surface area contributed by atoms with Crippen LogP contribution >= 0.6 is 11.3 Å². The van der Waals surface area contributed by atoms with Crippen molar-refractivity contribution < 1.29 is 4.74 Å². The van der Waals surface area contributed by atoms with E-state index in [0.717, 1.165) is 42.9 Å². The Morgan fingerprint density at radius 3 is 3.12 bits per heavy atom. The largest absolute Gasteiger partial charge is 0.470 e. The number of rotatable bonds is 6. The number of pyridine rings is 1. The zero-order valence-corrected chi connectivity index (χ0v) is 14.8. The van der Waals surface area contributed by atoms with Crippen LogP contribution in [0.15, 0.2) is 36.4 Å². The van der Waals surface area contributed by atoms with E-state index >= 15 is 0 Å². The van der Waals surface area contributed by atoms with Crippen molar-refractivity contribution in [3.63, 3.8) is 0 Å². The summed E-state index contributed by atoms with van der Waals surface area (Å²) in [5.41, 5.74) is 4.88. The predicted molar refractivity (Wildman–Crippen MR) is 98.0 cm³/mol. The summed E-state index contributed by atoms with van der Waals surface area (Å²) in [5.74, 6) is 0.660. The van der Waals surface area contributed by atoms with Gasteiger partial charge in [0.25, 0.3) is 0 Å². The average Bonchev–Trinajstić information content (AvgIpc) is 3.30. The molecule has 7 nitrogen and oxygen atoms in total. The summed E-state index contributed by atoms with van der Waals surface area (Å²) in [6.07, 6.45) is 8.63. The van der Waals surface area contributed by atoms with Gasteiger partial charge in [0.2, 0.25) is 5.88 Å². The number of aromatic nitrogens is 4. The Hall–Kier alpha value is -2.45. The molecule has 1 aliphatic rings. The van der Waals surface area contributed by atoms with Gasteiger partial charge in [0.15, 0.2) is 0 Å². The third-order valence-electron chi connectivity index (χ3n) is 4.09. The van der Waals surface area contributed by atoms with Gasteiger partial charge in [-0.05, 0) is 12.5 Å². The van der Waals surface area contributed by atoms with E-state index in [9.17, 15) is 0 Å². The number of nitrogens with zero attached hydrogens (tertiary/aromatic N) is 4. The Bertz CT molecular complexity index is 832. The van der Waals surface area contributed by atoms with Gasteiger partial charge < -0.3 is 15.4 Å². The summed E-state index contributed by atoms with van der Waals surface area (Å²) in [5, 5.41) is 11.1. The van der Waals surface area contributed by atoms with E-state index in [1.165, 1.54) is 4.88 Å². The maximum atomic E-state index is 6.00. The highest BCUT2D eigenvalue weighted by Crippen LogP contribution is 2.30. The Morgan fingerprint density at radius 1 is 1.36 bits per heavy atom. The predicted octanol–water partition coefficient (Wildman–Crippen LogP) is 1.94. The number of nitrogens with one attached hydrogen (secondary N) is 2. The van der Waals surface area contributed by atoms with Gasteiger partial charge in [0.1, 0.15) is 6.10 Å². The Balaban J connectivity index is 1.32. The molecule has 1 unspecified atom stereocenters. The number of fused-ring (bicyclic) bond motifs is 1. The van der Waals surface area contributed by atoms with Crippen molar-refractivity contribution in [2.24, 2.45) is 7.05 Å². The second-order valence-corrected chi connectivity index (χ2v) is 6.99. The van der Waals surface area contributed by atoms with E-state index < -0.39 is 0 Å². The van der Waals surface area contributed by atoms with E-state index in [-0.39, 0.29) is 6.10 Å². The first-order valence-corrected chi connectivity index (χ1v) is 9.13. The van der Waals surface area contributed by atoms with Gasteiger partial charge in [0.05, 0.1) is 23.9 Å². The quantitative estimate of drug-likeness (QED) is 0.658. The van der Waals surface area contributed by atoms with E-state index in [2.05, 4.69) is 31.8 Å². The minimum Gasteiger partial charge on any atom is -0.470 e. The molecule has 4 heterocycles. The van der Waals surface area contributed by atoms with Crippen LogP contribution in [0.25, 0.3) is 11.1 Å². The van der Waals surface area contributed by atoms with E-state index in [0.29, 0.717) is 5.88 Å². The van der Waals surface area contributed by atoms with E-state index in [4.69, 9.17) is 4.74 Å². The number of hydrogen-bond acceptors (Lipinski definition) is 7. The van der Waals surface area contributed by atoms with Crippen LogP contribution in [0.1, 0.15) is 4.88 Å². The van der Waals surface area contributed by atoms with Crippen LogP contribution in [-0.2, 0) is 13.5 Å². The summed E-state index contributed by atoms with van der Waals surface area (Å²) in [7, 11) is 1.91. The van der Waals surface area contributed by atoms with Crippen molar-refractivity contribution in [1.29, 1.82) is 0 Å². The fraction of sp³-hybridized carbons (Fsp3) is 0.353. The SMILES string of the molecule is Cn1cc(-c2cnc3c(c2)NCC(CNCCc2cncs2)O3)cn1. The summed E-state index contributed by atoms with van der Waals surface area (Å²) >= 11 is 1.69. The molecule has 0 aromatic carbocycles. The minimum absolute atomic E-state index is 0.0747. The molecular formula is C17H20N6OS. The molecule has 0 aliphatic carbocycles. The molecule has 0 saturated heterocycles.